The van der Waals surface area contributed by atoms with Crippen LogP contribution in [0.5, 0.6) is 0 Å². The smallest absolute Gasteiger partial charge is 0.335 e. The van der Waals surface area contributed by atoms with Gasteiger partial charge in [0.05, 0.1) is 17.6 Å². The Bertz CT molecular complexity index is 721. The van der Waals surface area contributed by atoms with E-state index in [1.807, 2.05) is 24.7 Å². The van der Waals surface area contributed by atoms with E-state index in [1.54, 1.807) is 12.1 Å². The van der Waals surface area contributed by atoms with Crippen LogP contribution in [0.3, 0.4) is 0 Å². The predicted octanol–water partition coefficient (Wildman–Crippen LogP) is 3.69. The van der Waals surface area contributed by atoms with E-state index in [0.29, 0.717) is 17.4 Å². The van der Waals surface area contributed by atoms with Crippen LogP contribution in [0.2, 0.25) is 0 Å². The molecule has 1 atom stereocenters. The number of carboxylic acid groups (broad SMARTS) is 1. The summed E-state index contributed by atoms with van der Waals surface area (Å²) in [6, 6.07) is 7.34. The van der Waals surface area contributed by atoms with Gasteiger partial charge < -0.3 is 9.67 Å². The van der Waals surface area contributed by atoms with Gasteiger partial charge in [-0.1, -0.05) is 26.0 Å². The molecule has 0 amide bonds. The number of hydrogen-bond donors (Lipinski definition) is 1. The molecule has 1 fully saturated rings. The summed E-state index contributed by atoms with van der Waals surface area (Å²) in [6.45, 7) is 8.67. The third-order valence-corrected chi connectivity index (χ3v) is 5.07. The molecule has 26 heavy (non-hydrogen) atoms. The highest BCUT2D eigenvalue weighted by Gasteiger charge is 2.21. The topological polar surface area (TPSA) is 58.4 Å². The number of aromatic carboxylic acids is 1. The summed E-state index contributed by atoms with van der Waals surface area (Å²) < 4.78 is 2.28. The van der Waals surface area contributed by atoms with Crippen LogP contribution >= 0.6 is 0 Å². The second-order valence-electron chi connectivity index (χ2n) is 7.88. The van der Waals surface area contributed by atoms with Gasteiger partial charge in [-0.2, -0.15) is 0 Å². The third-order valence-electron chi connectivity index (χ3n) is 5.07. The summed E-state index contributed by atoms with van der Waals surface area (Å²) in [4.78, 5) is 17.9. The van der Waals surface area contributed by atoms with E-state index < -0.39 is 5.97 Å². The Morgan fingerprint density at radius 2 is 2.08 bits per heavy atom. The maximum atomic E-state index is 11.0. The van der Waals surface area contributed by atoms with E-state index in [9.17, 15) is 4.79 Å². The van der Waals surface area contributed by atoms with Gasteiger partial charge in [-0.25, -0.2) is 9.78 Å². The van der Waals surface area contributed by atoms with Crippen LogP contribution in [0.4, 0.5) is 0 Å². The summed E-state index contributed by atoms with van der Waals surface area (Å²) in [5.74, 6) is 0.380. The molecule has 1 aliphatic rings. The molecule has 0 aliphatic carbocycles. The Morgan fingerprint density at radius 1 is 1.31 bits per heavy atom. The highest BCUT2D eigenvalue weighted by molar-refractivity contribution is 5.87. The molecule has 3 rings (SSSR count). The molecule has 0 saturated carbocycles. The number of nitrogens with zero attached hydrogens (tertiary/aromatic N) is 3. The molecule has 5 heteroatoms. The van der Waals surface area contributed by atoms with Crippen molar-refractivity contribution in [3.63, 3.8) is 0 Å². The Labute approximate surface area is 155 Å². The molecular weight excluding hydrogens is 326 g/mol. The second kappa shape index (κ2) is 8.49. The molecule has 1 N–H and O–H groups in total. The number of carbonyl (C=O) groups is 1. The molecule has 1 aromatic heterocycles. The molecule has 140 valence electrons. The molecule has 2 aromatic rings. The zero-order valence-corrected chi connectivity index (χ0v) is 15.8. The SMILES string of the molecule is CC(C)Cn1cncc1CN1CCC[C@H](Cc2ccc(C(=O)O)cc2)C1. The zero-order valence-electron chi connectivity index (χ0n) is 15.8. The minimum Gasteiger partial charge on any atom is -0.478 e. The number of aromatic nitrogens is 2. The van der Waals surface area contributed by atoms with E-state index >= 15 is 0 Å². The highest BCUT2D eigenvalue weighted by Crippen LogP contribution is 2.22. The van der Waals surface area contributed by atoms with E-state index in [1.165, 1.54) is 24.1 Å². The minimum absolute atomic E-state index is 0.359. The van der Waals surface area contributed by atoms with Crippen LogP contribution in [0.25, 0.3) is 0 Å². The van der Waals surface area contributed by atoms with Crippen LogP contribution in [-0.4, -0.2) is 38.6 Å². The predicted molar refractivity (Wildman–Crippen MR) is 102 cm³/mol. The summed E-state index contributed by atoms with van der Waals surface area (Å²) in [7, 11) is 0. The first-order valence-corrected chi connectivity index (χ1v) is 9.55. The lowest BCUT2D eigenvalue weighted by atomic mass is 9.91. The lowest BCUT2D eigenvalue weighted by molar-refractivity contribution is 0.0697. The average Bonchev–Trinajstić information content (AvgIpc) is 3.02. The molecule has 0 unspecified atom stereocenters. The molecule has 5 nitrogen and oxygen atoms in total. The Balaban J connectivity index is 1.57. The van der Waals surface area contributed by atoms with E-state index in [4.69, 9.17) is 5.11 Å². The zero-order chi connectivity index (χ0) is 18.5. The third kappa shape index (κ3) is 4.94. The molecule has 0 radical (unpaired) electrons. The van der Waals surface area contributed by atoms with Gasteiger partial charge in [-0.3, -0.25) is 4.90 Å². The van der Waals surface area contributed by atoms with E-state index in [2.05, 4.69) is 28.3 Å². The highest BCUT2D eigenvalue weighted by atomic mass is 16.4. The summed E-state index contributed by atoms with van der Waals surface area (Å²) >= 11 is 0. The van der Waals surface area contributed by atoms with Crippen LogP contribution in [0.15, 0.2) is 36.8 Å². The van der Waals surface area contributed by atoms with Gasteiger partial charge in [0, 0.05) is 25.8 Å². The number of carboxylic acids is 1. The number of likely N-dealkylation sites (tertiary alicyclic amines) is 1. The largest absolute Gasteiger partial charge is 0.478 e. The van der Waals surface area contributed by atoms with E-state index in [-0.39, 0.29) is 0 Å². The Hall–Kier alpha value is -2.14. The van der Waals surface area contributed by atoms with Gasteiger partial charge in [0.2, 0.25) is 0 Å². The number of piperidine rings is 1. The van der Waals surface area contributed by atoms with Crippen molar-refractivity contribution < 1.29 is 9.90 Å². The van der Waals surface area contributed by atoms with Gasteiger partial charge in [0.25, 0.3) is 0 Å². The van der Waals surface area contributed by atoms with Crippen molar-refractivity contribution in [3.8, 4) is 0 Å². The molecule has 2 heterocycles. The first-order chi connectivity index (χ1) is 12.5. The number of imidazole rings is 1. The monoisotopic (exact) mass is 355 g/mol. The fourth-order valence-corrected chi connectivity index (χ4v) is 3.84. The van der Waals surface area contributed by atoms with Crippen LogP contribution in [0.1, 0.15) is 48.3 Å². The minimum atomic E-state index is -0.863. The quantitative estimate of drug-likeness (QED) is 0.823. The second-order valence-corrected chi connectivity index (χ2v) is 7.88. The molecule has 1 aliphatic heterocycles. The number of hydrogen-bond acceptors (Lipinski definition) is 3. The van der Waals surface area contributed by atoms with Crippen LogP contribution < -0.4 is 0 Å². The maximum absolute atomic E-state index is 11.0. The first kappa shape index (κ1) is 18.6. The van der Waals surface area contributed by atoms with Crippen LogP contribution in [0, 0.1) is 11.8 Å². The van der Waals surface area contributed by atoms with Crippen molar-refractivity contribution in [1.82, 2.24) is 14.5 Å². The van der Waals surface area contributed by atoms with E-state index in [0.717, 1.165) is 32.6 Å². The number of benzene rings is 1. The van der Waals surface area contributed by atoms with Crippen molar-refractivity contribution in [2.24, 2.45) is 11.8 Å². The normalized spacial score (nSPS) is 18.3. The van der Waals surface area contributed by atoms with Crippen molar-refractivity contribution in [2.75, 3.05) is 13.1 Å². The van der Waals surface area contributed by atoms with Gasteiger partial charge in [-0.15, -0.1) is 0 Å². The molecule has 0 spiro atoms. The van der Waals surface area contributed by atoms with Gasteiger partial charge in [0.15, 0.2) is 0 Å². The van der Waals surface area contributed by atoms with Crippen molar-refractivity contribution >= 4 is 5.97 Å². The van der Waals surface area contributed by atoms with Gasteiger partial charge in [0.1, 0.15) is 0 Å². The first-order valence-electron chi connectivity index (χ1n) is 9.55. The molecule has 1 saturated heterocycles. The fourth-order valence-electron chi connectivity index (χ4n) is 3.84. The summed E-state index contributed by atoms with van der Waals surface area (Å²) in [5, 5.41) is 9.02. The van der Waals surface area contributed by atoms with Crippen molar-refractivity contribution in [3.05, 3.63) is 53.6 Å². The summed E-state index contributed by atoms with van der Waals surface area (Å²) in [5.41, 5.74) is 2.88. The molecular formula is C21H29N3O2. The molecule has 1 aromatic carbocycles. The standard InChI is InChI=1S/C21H29N3O2/c1-16(2)12-24-15-22-11-20(24)14-23-9-3-4-18(13-23)10-17-5-7-19(8-6-17)21(25)26/h5-8,11,15-16,18H,3-4,9-10,12-14H2,1-2H3,(H,25,26)/t18-/m1/s1. The fraction of sp³-hybridized carbons (Fsp3) is 0.524. The Morgan fingerprint density at radius 3 is 2.77 bits per heavy atom. The van der Waals surface area contributed by atoms with Crippen molar-refractivity contribution in [1.29, 1.82) is 0 Å². The number of rotatable bonds is 7. The lowest BCUT2D eigenvalue weighted by Crippen LogP contribution is -2.36. The van der Waals surface area contributed by atoms with Crippen molar-refractivity contribution in [2.45, 2.75) is 46.2 Å². The average molecular weight is 355 g/mol. The maximum Gasteiger partial charge on any atom is 0.335 e. The van der Waals surface area contributed by atoms with Gasteiger partial charge >= 0.3 is 5.97 Å². The Kier molecular flexibility index (Phi) is 6.09. The molecule has 0 bridgehead atoms. The summed E-state index contributed by atoms with van der Waals surface area (Å²) in [6.07, 6.45) is 7.41. The lowest BCUT2D eigenvalue weighted by Gasteiger charge is -2.33. The van der Waals surface area contributed by atoms with Crippen LogP contribution in [-0.2, 0) is 19.5 Å². The van der Waals surface area contributed by atoms with Gasteiger partial charge in [-0.05, 0) is 55.3 Å².